The van der Waals surface area contributed by atoms with E-state index in [0.29, 0.717) is 31.0 Å². The van der Waals surface area contributed by atoms with Crippen molar-refractivity contribution in [1.29, 1.82) is 0 Å². The number of hydrogen-bond donors (Lipinski definition) is 2. The van der Waals surface area contributed by atoms with Gasteiger partial charge in [-0.25, -0.2) is 0 Å². The molecule has 1 aliphatic rings. The molecule has 0 heterocycles. The molecule has 0 aromatic heterocycles. The number of rotatable bonds is 5. The van der Waals surface area contributed by atoms with Crippen LogP contribution in [0.15, 0.2) is 29.2 Å². The Balaban J connectivity index is 2.02. The van der Waals surface area contributed by atoms with Gasteiger partial charge >= 0.3 is 5.97 Å². The minimum absolute atomic E-state index is 0.196. The zero-order chi connectivity index (χ0) is 15.4. The van der Waals surface area contributed by atoms with Gasteiger partial charge in [0.1, 0.15) is 0 Å². The monoisotopic (exact) mass is 315 g/mol. The number of amides is 1. The third-order valence-corrected chi connectivity index (χ3v) is 4.25. The summed E-state index contributed by atoms with van der Waals surface area (Å²) in [5.41, 5.74) is 0.196. The fourth-order valence-electron chi connectivity index (χ4n) is 2.45. The number of carbonyl (C=O) groups is 2. The topological polar surface area (TPSA) is 66.4 Å². The van der Waals surface area contributed by atoms with Gasteiger partial charge in [0.25, 0.3) is 11.7 Å². The number of thioether (sulfide) groups is 1. The SMILES string of the molecule is O=C(NC1CCC(C(=O)O)C1)c1ccccc1SC(F)F. The number of aliphatic carboxylic acids is 1. The van der Waals surface area contributed by atoms with Gasteiger partial charge in [0.15, 0.2) is 0 Å². The Morgan fingerprint density at radius 3 is 2.62 bits per heavy atom. The molecule has 114 valence electrons. The summed E-state index contributed by atoms with van der Waals surface area (Å²) < 4.78 is 24.9. The van der Waals surface area contributed by atoms with E-state index in [0.717, 1.165) is 0 Å². The highest BCUT2D eigenvalue weighted by atomic mass is 32.2. The highest BCUT2D eigenvalue weighted by Crippen LogP contribution is 2.29. The molecule has 0 spiro atoms. The second-order valence-corrected chi connectivity index (χ2v) is 5.93. The summed E-state index contributed by atoms with van der Waals surface area (Å²) in [6, 6.07) is 5.95. The summed E-state index contributed by atoms with van der Waals surface area (Å²) in [5, 5.41) is 11.7. The van der Waals surface area contributed by atoms with Crippen LogP contribution in [0.2, 0.25) is 0 Å². The summed E-state index contributed by atoms with van der Waals surface area (Å²) in [6.07, 6.45) is 1.49. The zero-order valence-corrected chi connectivity index (χ0v) is 11.9. The normalized spacial score (nSPS) is 21.5. The molecular weight excluding hydrogens is 300 g/mol. The minimum atomic E-state index is -2.60. The van der Waals surface area contributed by atoms with Gasteiger partial charge in [-0.05, 0) is 31.4 Å². The standard InChI is InChI=1S/C14H15F2NO3S/c15-14(16)21-11-4-2-1-3-10(11)12(18)17-9-6-5-8(7-9)13(19)20/h1-4,8-9,14H,5-7H2,(H,17,18)(H,19,20). The van der Waals surface area contributed by atoms with E-state index in [2.05, 4.69) is 5.32 Å². The van der Waals surface area contributed by atoms with Crippen LogP contribution in [-0.2, 0) is 4.79 Å². The van der Waals surface area contributed by atoms with Crippen LogP contribution >= 0.6 is 11.8 Å². The molecule has 1 saturated carbocycles. The maximum Gasteiger partial charge on any atom is 0.306 e. The molecule has 2 N–H and O–H groups in total. The van der Waals surface area contributed by atoms with Crippen molar-refractivity contribution in [3.8, 4) is 0 Å². The molecule has 1 fully saturated rings. The summed E-state index contributed by atoms with van der Waals surface area (Å²) in [7, 11) is 0. The van der Waals surface area contributed by atoms with E-state index in [4.69, 9.17) is 5.11 Å². The second-order valence-electron chi connectivity index (χ2n) is 4.89. The molecule has 0 aliphatic heterocycles. The van der Waals surface area contributed by atoms with Gasteiger partial charge in [-0.3, -0.25) is 9.59 Å². The molecule has 0 bridgehead atoms. The third-order valence-electron chi connectivity index (χ3n) is 3.46. The van der Waals surface area contributed by atoms with E-state index in [1.165, 1.54) is 12.1 Å². The first-order valence-corrected chi connectivity index (χ1v) is 7.43. The number of carboxylic acid groups (broad SMARTS) is 1. The molecule has 2 rings (SSSR count). The Morgan fingerprint density at radius 2 is 2.00 bits per heavy atom. The van der Waals surface area contributed by atoms with Gasteiger partial charge in [-0.2, -0.15) is 8.78 Å². The molecule has 2 atom stereocenters. The maximum atomic E-state index is 12.5. The molecule has 1 aromatic rings. The van der Waals surface area contributed by atoms with Crippen molar-refractivity contribution in [2.75, 3.05) is 0 Å². The van der Waals surface area contributed by atoms with Gasteiger partial charge in [0, 0.05) is 10.9 Å². The first-order valence-electron chi connectivity index (χ1n) is 6.55. The van der Waals surface area contributed by atoms with Crippen LogP contribution < -0.4 is 5.32 Å². The van der Waals surface area contributed by atoms with Crippen molar-refractivity contribution in [2.24, 2.45) is 5.92 Å². The Kier molecular flexibility index (Phi) is 5.17. The molecule has 0 radical (unpaired) electrons. The molecule has 1 aromatic carbocycles. The summed E-state index contributed by atoms with van der Waals surface area (Å²) in [4.78, 5) is 23.3. The lowest BCUT2D eigenvalue weighted by Gasteiger charge is -2.14. The molecule has 1 aliphatic carbocycles. The van der Waals surface area contributed by atoms with Crippen LogP contribution in [0.4, 0.5) is 8.78 Å². The average molecular weight is 315 g/mol. The summed E-state index contributed by atoms with van der Waals surface area (Å²) >= 11 is 0.328. The van der Waals surface area contributed by atoms with Crippen LogP contribution in [0, 0.1) is 5.92 Å². The maximum absolute atomic E-state index is 12.5. The number of halogens is 2. The molecule has 1 amide bonds. The lowest BCUT2D eigenvalue weighted by Crippen LogP contribution is -2.33. The molecule has 2 unspecified atom stereocenters. The molecule has 7 heteroatoms. The van der Waals surface area contributed by atoms with Crippen molar-refractivity contribution in [3.63, 3.8) is 0 Å². The van der Waals surface area contributed by atoms with Crippen LogP contribution in [-0.4, -0.2) is 28.8 Å². The summed E-state index contributed by atoms with van der Waals surface area (Å²) in [6.45, 7) is 0. The van der Waals surface area contributed by atoms with Crippen LogP contribution in [0.25, 0.3) is 0 Å². The fraction of sp³-hybridized carbons (Fsp3) is 0.429. The van der Waals surface area contributed by atoms with Gasteiger partial charge in [-0.15, -0.1) is 0 Å². The first-order chi connectivity index (χ1) is 9.97. The Labute approximate surface area is 124 Å². The van der Waals surface area contributed by atoms with Crippen molar-refractivity contribution >= 4 is 23.6 Å². The molecule has 4 nitrogen and oxygen atoms in total. The largest absolute Gasteiger partial charge is 0.481 e. The van der Waals surface area contributed by atoms with Crippen LogP contribution in [0.5, 0.6) is 0 Å². The Morgan fingerprint density at radius 1 is 1.29 bits per heavy atom. The highest BCUT2D eigenvalue weighted by molar-refractivity contribution is 7.99. The van der Waals surface area contributed by atoms with Crippen molar-refractivity contribution in [2.45, 2.75) is 36.0 Å². The van der Waals surface area contributed by atoms with Crippen molar-refractivity contribution < 1.29 is 23.5 Å². The molecule has 21 heavy (non-hydrogen) atoms. The smallest absolute Gasteiger partial charge is 0.306 e. The summed E-state index contributed by atoms with van der Waals surface area (Å²) in [5.74, 6) is -4.34. The van der Waals surface area contributed by atoms with Crippen molar-refractivity contribution in [3.05, 3.63) is 29.8 Å². The zero-order valence-electron chi connectivity index (χ0n) is 11.1. The van der Waals surface area contributed by atoms with E-state index in [1.807, 2.05) is 0 Å². The number of carbonyl (C=O) groups excluding carboxylic acids is 1. The average Bonchev–Trinajstić information content (AvgIpc) is 2.87. The third kappa shape index (κ3) is 4.17. The van der Waals surface area contributed by atoms with E-state index in [1.54, 1.807) is 12.1 Å². The first kappa shape index (κ1) is 15.8. The number of benzene rings is 1. The van der Waals surface area contributed by atoms with Gasteiger partial charge in [-0.1, -0.05) is 23.9 Å². The Hall–Kier alpha value is -1.63. The second kappa shape index (κ2) is 6.89. The quantitative estimate of drug-likeness (QED) is 0.820. The molecule has 0 saturated heterocycles. The van der Waals surface area contributed by atoms with Crippen LogP contribution in [0.1, 0.15) is 29.6 Å². The predicted molar refractivity (Wildman–Crippen MR) is 74.5 cm³/mol. The number of nitrogens with one attached hydrogen (secondary N) is 1. The predicted octanol–water partition coefficient (Wildman–Crippen LogP) is 2.98. The lowest BCUT2D eigenvalue weighted by molar-refractivity contribution is -0.141. The van der Waals surface area contributed by atoms with Crippen molar-refractivity contribution in [1.82, 2.24) is 5.32 Å². The van der Waals surface area contributed by atoms with E-state index in [9.17, 15) is 18.4 Å². The number of hydrogen-bond acceptors (Lipinski definition) is 3. The van der Waals surface area contributed by atoms with E-state index < -0.39 is 23.6 Å². The fourth-order valence-corrected chi connectivity index (χ4v) is 3.09. The highest BCUT2D eigenvalue weighted by Gasteiger charge is 2.31. The van der Waals surface area contributed by atoms with Gasteiger partial charge in [0.2, 0.25) is 0 Å². The van der Waals surface area contributed by atoms with E-state index >= 15 is 0 Å². The number of carboxylic acids is 1. The lowest BCUT2D eigenvalue weighted by atomic mass is 10.1. The van der Waals surface area contributed by atoms with Crippen LogP contribution in [0.3, 0.4) is 0 Å². The Bertz CT molecular complexity index is 539. The van der Waals surface area contributed by atoms with Gasteiger partial charge < -0.3 is 10.4 Å². The minimum Gasteiger partial charge on any atom is -0.481 e. The molecular formula is C14H15F2NO3S. The van der Waals surface area contributed by atoms with E-state index in [-0.39, 0.29) is 16.5 Å². The number of alkyl halides is 2. The van der Waals surface area contributed by atoms with Gasteiger partial charge in [0.05, 0.1) is 11.5 Å².